The fourth-order valence-corrected chi connectivity index (χ4v) is 4.05. The molecule has 142 valence electrons. The van der Waals surface area contributed by atoms with Crippen LogP contribution in [0.2, 0.25) is 0 Å². The van der Waals surface area contributed by atoms with Crippen molar-refractivity contribution in [1.82, 2.24) is 19.8 Å². The van der Waals surface area contributed by atoms with E-state index in [1.54, 1.807) is 0 Å². The monoisotopic (exact) mass is 355 g/mol. The van der Waals surface area contributed by atoms with Crippen LogP contribution in [0.1, 0.15) is 38.4 Å². The molecule has 2 aromatic rings. The minimum atomic E-state index is 0.654. The molecule has 26 heavy (non-hydrogen) atoms. The van der Waals surface area contributed by atoms with Crippen molar-refractivity contribution in [2.24, 2.45) is 5.92 Å². The second kappa shape index (κ2) is 8.78. The van der Waals surface area contributed by atoms with Crippen LogP contribution >= 0.6 is 0 Å². The minimum Gasteiger partial charge on any atom is -0.369 e. The molecule has 1 aliphatic rings. The topological polar surface area (TPSA) is 44.3 Å². The highest BCUT2D eigenvalue weighted by atomic mass is 15.2. The van der Waals surface area contributed by atoms with E-state index in [0.29, 0.717) is 6.04 Å². The van der Waals surface area contributed by atoms with E-state index in [1.807, 2.05) is 0 Å². The molecule has 0 amide bonds. The minimum absolute atomic E-state index is 0.654. The van der Waals surface area contributed by atoms with Gasteiger partial charge in [-0.3, -0.25) is 4.90 Å². The molecule has 1 N–H and O–H groups in total. The number of hydrogen-bond donors (Lipinski definition) is 1. The molecule has 3 rings (SSSR count). The zero-order chi connectivity index (χ0) is 18.5. The molecule has 0 spiro atoms. The quantitative estimate of drug-likeness (QED) is 0.733. The molecule has 0 radical (unpaired) electrons. The van der Waals surface area contributed by atoms with Crippen molar-refractivity contribution in [3.05, 3.63) is 30.1 Å². The van der Waals surface area contributed by atoms with Gasteiger partial charge in [0.25, 0.3) is 0 Å². The highest BCUT2D eigenvalue weighted by molar-refractivity contribution is 5.88. The summed E-state index contributed by atoms with van der Waals surface area (Å²) in [6, 6.07) is 8.96. The normalized spacial score (nSPS) is 20.4. The second-order valence-corrected chi connectivity index (χ2v) is 7.98. The molecule has 0 bridgehead atoms. The van der Waals surface area contributed by atoms with Crippen molar-refractivity contribution in [3.8, 4) is 0 Å². The van der Waals surface area contributed by atoms with Crippen LogP contribution in [0.4, 0.5) is 5.82 Å². The standard InChI is InChI=1S/C21H33N5/c1-16-9-7-12-19(16)26(4)15-20-23-18-11-6-5-10-17(18)21(24-20)22-13-8-14-25(2)3/h5-6,10-11,16,19H,7-9,12-15H2,1-4H3,(H,22,23,24). The molecule has 1 saturated carbocycles. The Morgan fingerprint density at radius 3 is 2.65 bits per heavy atom. The van der Waals surface area contributed by atoms with Crippen molar-refractivity contribution < 1.29 is 0 Å². The van der Waals surface area contributed by atoms with Gasteiger partial charge in [-0.05, 0) is 65.0 Å². The van der Waals surface area contributed by atoms with E-state index in [0.717, 1.165) is 54.5 Å². The lowest BCUT2D eigenvalue weighted by molar-refractivity contribution is 0.194. The maximum absolute atomic E-state index is 4.88. The summed E-state index contributed by atoms with van der Waals surface area (Å²) in [4.78, 5) is 14.4. The number of rotatable bonds is 8. The van der Waals surface area contributed by atoms with Crippen LogP contribution in [-0.2, 0) is 6.54 Å². The number of aromatic nitrogens is 2. The van der Waals surface area contributed by atoms with Crippen molar-refractivity contribution in [1.29, 1.82) is 0 Å². The Bertz CT molecular complexity index is 715. The van der Waals surface area contributed by atoms with Gasteiger partial charge in [-0.25, -0.2) is 9.97 Å². The van der Waals surface area contributed by atoms with Gasteiger partial charge < -0.3 is 10.2 Å². The maximum atomic E-state index is 4.88. The number of nitrogens with one attached hydrogen (secondary N) is 1. The first-order valence-corrected chi connectivity index (χ1v) is 9.89. The van der Waals surface area contributed by atoms with Gasteiger partial charge in [0.15, 0.2) is 0 Å². The van der Waals surface area contributed by atoms with Gasteiger partial charge in [0, 0.05) is 18.0 Å². The first-order chi connectivity index (χ1) is 12.5. The van der Waals surface area contributed by atoms with E-state index in [2.05, 4.69) is 67.4 Å². The average molecular weight is 356 g/mol. The Balaban J connectivity index is 1.75. The molecule has 1 aromatic carbocycles. The Kier molecular flexibility index (Phi) is 6.43. The number of hydrogen-bond acceptors (Lipinski definition) is 5. The predicted octanol–water partition coefficient (Wildman–Crippen LogP) is 3.61. The smallest absolute Gasteiger partial charge is 0.145 e. The van der Waals surface area contributed by atoms with Gasteiger partial charge in [0.1, 0.15) is 11.6 Å². The molecule has 0 aliphatic heterocycles. The number of fused-ring (bicyclic) bond motifs is 1. The summed E-state index contributed by atoms with van der Waals surface area (Å²) in [5.41, 5.74) is 1.03. The van der Waals surface area contributed by atoms with Gasteiger partial charge in [-0.2, -0.15) is 0 Å². The Morgan fingerprint density at radius 2 is 1.92 bits per heavy atom. The summed E-state index contributed by atoms with van der Waals surface area (Å²) in [6.45, 7) is 5.18. The largest absolute Gasteiger partial charge is 0.369 e. The summed E-state index contributed by atoms with van der Waals surface area (Å²) in [5, 5.41) is 4.65. The van der Waals surface area contributed by atoms with Crippen LogP contribution in [0, 0.1) is 5.92 Å². The molecule has 2 atom stereocenters. The summed E-state index contributed by atoms with van der Waals surface area (Å²) in [5.74, 6) is 2.65. The van der Waals surface area contributed by atoms with Crippen LogP contribution in [-0.4, -0.2) is 60.0 Å². The third-order valence-electron chi connectivity index (χ3n) is 5.50. The second-order valence-electron chi connectivity index (χ2n) is 7.98. The first kappa shape index (κ1) is 19.1. The Labute approximate surface area is 157 Å². The maximum Gasteiger partial charge on any atom is 0.145 e. The third-order valence-corrected chi connectivity index (χ3v) is 5.50. The van der Waals surface area contributed by atoms with Gasteiger partial charge >= 0.3 is 0 Å². The lowest BCUT2D eigenvalue weighted by atomic mass is 10.1. The van der Waals surface area contributed by atoms with Gasteiger partial charge in [-0.15, -0.1) is 0 Å². The van der Waals surface area contributed by atoms with E-state index in [4.69, 9.17) is 9.97 Å². The molecular formula is C21H33N5. The van der Waals surface area contributed by atoms with Crippen LogP contribution < -0.4 is 5.32 Å². The zero-order valence-electron chi connectivity index (χ0n) is 16.7. The van der Waals surface area contributed by atoms with E-state index in [-0.39, 0.29) is 0 Å². The molecule has 5 heteroatoms. The highest BCUT2D eigenvalue weighted by Crippen LogP contribution is 2.29. The van der Waals surface area contributed by atoms with Crippen LogP contribution in [0.5, 0.6) is 0 Å². The number of anilines is 1. The molecule has 1 heterocycles. The predicted molar refractivity (Wildman–Crippen MR) is 109 cm³/mol. The third kappa shape index (κ3) is 4.71. The van der Waals surface area contributed by atoms with Crippen molar-refractivity contribution in [2.75, 3.05) is 39.5 Å². The van der Waals surface area contributed by atoms with E-state index in [1.165, 1.54) is 19.3 Å². The summed E-state index contributed by atoms with van der Waals surface area (Å²) < 4.78 is 0. The fourth-order valence-electron chi connectivity index (χ4n) is 4.05. The van der Waals surface area contributed by atoms with E-state index in [9.17, 15) is 0 Å². The lowest BCUT2D eigenvalue weighted by Crippen LogP contribution is -2.33. The summed E-state index contributed by atoms with van der Waals surface area (Å²) in [7, 11) is 6.44. The Morgan fingerprint density at radius 1 is 1.12 bits per heavy atom. The molecule has 1 aliphatic carbocycles. The highest BCUT2D eigenvalue weighted by Gasteiger charge is 2.27. The van der Waals surface area contributed by atoms with Crippen molar-refractivity contribution in [3.63, 3.8) is 0 Å². The summed E-state index contributed by atoms with van der Waals surface area (Å²) in [6.07, 6.45) is 5.07. The number of para-hydroxylation sites is 1. The van der Waals surface area contributed by atoms with Crippen molar-refractivity contribution >= 4 is 16.7 Å². The molecule has 5 nitrogen and oxygen atoms in total. The SMILES string of the molecule is CC1CCCC1N(C)Cc1nc(NCCCN(C)C)c2ccccc2n1. The average Bonchev–Trinajstić information content (AvgIpc) is 3.04. The van der Waals surface area contributed by atoms with Gasteiger partial charge in [0.05, 0.1) is 12.1 Å². The van der Waals surface area contributed by atoms with Crippen LogP contribution in [0.25, 0.3) is 10.9 Å². The molecule has 0 saturated heterocycles. The molecular weight excluding hydrogens is 322 g/mol. The molecule has 2 unspecified atom stereocenters. The number of benzene rings is 1. The van der Waals surface area contributed by atoms with Gasteiger partial charge in [0.2, 0.25) is 0 Å². The van der Waals surface area contributed by atoms with Gasteiger partial charge in [-0.1, -0.05) is 25.5 Å². The molecule has 1 aromatic heterocycles. The molecule has 1 fully saturated rings. The van der Waals surface area contributed by atoms with E-state index >= 15 is 0 Å². The lowest BCUT2D eigenvalue weighted by Gasteiger charge is -2.27. The van der Waals surface area contributed by atoms with Crippen LogP contribution in [0.3, 0.4) is 0 Å². The Hall–Kier alpha value is -1.72. The fraction of sp³-hybridized carbons (Fsp3) is 0.619. The van der Waals surface area contributed by atoms with Crippen LogP contribution in [0.15, 0.2) is 24.3 Å². The van der Waals surface area contributed by atoms with Crippen molar-refractivity contribution in [2.45, 2.75) is 45.2 Å². The first-order valence-electron chi connectivity index (χ1n) is 9.89. The summed E-state index contributed by atoms with van der Waals surface area (Å²) >= 11 is 0. The number of nitrogens with zero attached hydrogens (tertiary/aromatic N) is 4. The zero-order valence-corrected chi connectivity index (χ0v) is 16.7. The van der Waals surface area contributed by atoms with E-state index < -0.39 is 0 Å².